The predicted octanol–water partition coefficient (Wildman–Crippen LogP) is 7.38. The van der Waals surface area contributed by atoms with Gasteiger partial charge in [-0.15, -0.1) is 0 Å². The molecule has 0 aliphatic carbocycles. The number of urea groups is 1. The van der Waals surface area contributed by atoms with E-state index in [0.717, 1.165) is 47.2 Å². The normalized spacial score (nSPS) is 16.7. The van der Waals surface area contributed by atoms with Gasteiger partial charge in [0.15, 0.2) is 0 Å². The number of hydrogen-bond acceptors (Lipinski definition) is 2. The molecule has 35 heavy (non-hydrogen) atoms. The number of amides is 2. The second-order valence-electron chi connectivity index (χ2n) is 9.11. The first-order valence-corrected chi connectivity index (χ1v) is 12.8. The highest BCUT2D eigenvalue weighted by Gasteiger charge is 2.34. The Morgan fingerprint density at radius 2 is 2.06 bits per heavy atom. The van der Waals surface area contributed by atoms with Gasteiger partial charge in [0.1, 0.15) is 5.75 Å². The van der Waals surface area contributed by atoms with Gasteiger partial charge in [-0.3, -0.25) is 0 Å². The van der Waals surface area contributed by atoms with Gasteiger partial charge in [-0.05, 0) is 73.2 Å². The molecule has 5 nitrogen and oxygen atoms in total. The smallest absolute Gasteiger partial charge is 0.322 e. The van der Waals surface area contributed by atoms with Crippen molar-refractivity contribution in [1.82, 2.24) is 15.2 Å². The Morgan fingerprint density at radius 1 is 1.26 bits per heavy atom. The molecule has 3 aromatic rings. The fourth-order valence-corrected chi connectivity index (χ4v) is 4.70. The molecule has 2 amide bonds. The van der Waals surface area contributed by atoms with Crippen LogP contribution >= 0.6 is 11.6 Å². The molecule has 2 aromatic carbocycles. The van der Waals surface area contributed by atoms with Crippen LogP contribution in [0.1, 0.15) is 56.5 Å². The highest BCUT2D eigenvalue weighted by molar-refractivity contribution is 6.31. The molecule has 6 heteroatoms. The average molecular weight is 492 g/mol. The predicted molar refractivity (Wildman–Crippen MR) is 144 cm³/mol. The lowest BCUT2D eigenvalue weighted by molar-refractivity contribution is 0.183. The van der Waals surface area contributed by atoms with Gasteiger partial charge in [0.2, 0.25) is 0 Å². The lowest BCUT2D eigenvalue weighted by atomic mass is 9.92. The minimum atomic E-state index is -0.241. The molecular weight excluding hydrogens is 458 g/mol. The van der Waals surface area contributed by atoms with E-state index in [2.05, 4.69) is 36.3 Å². The number of allylic oxidation sites excluding steroid dienone is 3. The fourth-order valence-electron chi connectivity index (χ4n) is 4.52. The van der Waals surface area contributed by atoms with Crippen molar-refractivity contribution < 1.29 is 9.53 Å². The maximum atomic E-state index is 13.2. The molecule has 0 saturated heterocycles. The van der Waals surface area contributed by atoms with Gasteiger partial charge >= 0.3 is 6.03 Å². The van der Waals surface area contributed by atoms with Crippen LogP contribution < -0.4 is 10.1 Å². The minimum absolute atomic E-state index is 0.132. The summed E-state index contributed by atoms with van der Waals surface area (Å²) in [5.41, 5.74) is 4.32. The quantitative estimate of drug-likeness (QED) is 0.323. The highest BCUT2D eigenvalue weighted by atomic mass is 35.5. The summed E-state index contributed by atoms with van der Waals surface area (Å²) in [7, 11) is 0. The molecule has 0 saturated carbocycles. The highest BCUT2D eigenvalue weighted by Crippen LogP contribution is 2.39. The van der Waals surface area contributed by atoms with Gasteiger partial charge < -0.3 is 19.9 Å². The Morgan fingerprint density at radius 3 is 2.80 bits per heavy atom. The standard InChI is InChI=1S/C29H34ClN3O2/c1-4-6-7-16-31-29(34)33-17-14-24-25-19-22(30)10-13-26(25)32-27(24)28(33)21-8-11-23(12-9-21)35-18-15-20(3)5-2/h4,6-13,16,19-20,28,32H,5,14-15,17-18H2,1-3H3,(H,31,34)/b6-4+,16-7+. The average Bonchev–Trinajstić information content (AvgIpc) is 3.24. The van der Waals surface area contributed by atoms with E-state index in [1.807, 2.05) is 60.4 Å². The van der Waals surface area contributed by atoms with E-state index in [9.17, 15) is 4.79 Å². The first-order chi connectivity index (χ1) is 17.0. The van der Waals surface area contributed by atoms with Gasteiger partial charge in [0, 0.05) is 34.4 Å². The van der Waals surface area contributed by atoms with Crippen LogP contribution in [-0.2, 0) is 6.42 Å². The minimum Gasteiger partial charge on any atom is -0.494 e. The number of H-pyrrole nitrogens is 1. The molecule has 1 aromatic heterocycles. The van der Waals surface area contributed by atoms with Gasteiger partial charge in [-0.2, -0.15) is 0 Å². The number of hydrogen-bond donors (Lipinski definition) is 2. The van der Waals surface area contributed by atoms with Crippen molar-refractivity contribution in [3.63, 3.8) is 0 Å². The van der Waals surface area contributed by atoms with Crippen LogP contribution in [0.3, 0.4) is 0 Å². The summed E-state index contributed by atoms with van der Waals surface area (Å²) in [4.78, 5) is 18.7. The first kappa shape index (κ1) is 24.9. The zero-order chi connectivity index (χ0) is 24.8. The number of fused-ring (bicyclic) bond motifs is 3. The van der Waals surface area contributed by atoms with Crippen molar-refractivity contribution in [2.45, 2.75) is 46.1 Å². The summed E-state index contributed by atoms with van der Waals surface area (Å²) in [6, 6.07) is 13.7. The Balaban J connectivity index is 1.64. The number of rotatable bonds is 8. The van der Waals surface area contributed by atoms with Crippen LogP contribution in [0.15, 0.2) is 66.9 Å². The van der Waals surface area contributed by atoms with E-state index >= 15 is 0 Å². The van der Waals surface area contributed by atoms with Crippen LogP contribution in [-0.4, -0.2) is 29.1 Å². The van der Waals surface area contributed by atoms with Crippen LogP contribution in [0.5, 0.6) is 5.75 Å². The number of carbonyl (C=O) groups excluding carboxylic acids is 1. The van der Waals surface area contributed by atoms with Crippen molar-refractivity contribution in [1.29, 1.82) is 0 Å². The third-order valence-corrected chi connectivity index (χ3v) is 6.96. The second-order valence-corrected chi connectivity index (χ2v) is 9.54. The number of carbonyl (C=O) groups is 1. The number of halogens is 1. The fraction of sp³-hybridized carbons (Fsp3) is 0.345. The Bertz CT molecular complexity index is 1210. The molecule has 2 heterocycles. The van der Waals surface area contributed by atoms with Crippen LogP contribution in [0.4, 0.5) is 4.79 Å². The summed E-state index contributed by atoms with van der Waals surface area (Å²) in [6.07, 6.45) is 10.2. The van der Waals surface area contributed by atoms with E-state index in [1.54, 1.807) is 6.20 Å². The molecule has 1 aliphatic rings. The largest absolute Gasteiger partial charge is 0.494 e. The molecule has 2 unspecified atom stereocenters. The molecule has 2 N–H and O–H groups in total. The number of benzene rings is 2. The van der Waals surface area contributed by atoms with Gasteiger partial charge in [-0.1, -0.05) is 56.2 Å². The molecule has 2 atom stereocenters. The maximum Gasteiger partial charge on any atom is 0.322 e. The number of nitrogens with one attached hydrogen (secondary N) is 2. The molecule has 0 radical (unpaired) electrons. The molecule has 1 aliphatic heterocycles. The Kier molecular flexibility index (Phi) is 8.19. The van der Waals surface area contributed by atoms with Crippen molar-refractivity contribution in [3.05, 3.63) is 88.7 Å². The van der Waals surface area contributed by atoms with E-state index < -0.39 is 0 Å². The zero-order valence-corrected chi connectivity index (χ0v) is 21.4. The van der Waals surface area contributed by atoms with Crippen molar-refractivity contribution >= 4 is 28.5 Å². The van der Waals surface area contributed by atoms with Gasteiger partial charge in [0.25, 0.3) is 0 Å². The SMILES string of the molecule is C/C=C/C=C/NC(=O)N1CCc2c([nH]c3ccc(Cl)cc23)C1c1ccc(OCCC(C)CC)cc1. The van der Waals surface area contributed by atoms with Crippen molar-refractivity contribution in [3.8, 4) is 5.75 Å². The summed E-state index contributed by atoms with van der Waals surface area (Å²) in [5, 5.41) is 4.74. The summed E-state index contributed by atoms with van der Waals surface area (Å²) in [6.45, 7) is 7.70. The molecule has 184 valence electrons. The van der Waals surface area contributed by atoms with Crippen LogP contribution in [0.25, 0.3) is 10.9 Å². The molecular formula is C29H34ClN3O2. The van der Waals surface area contributed by atoms with E-state index in [0.29, 0.717) is 24.1 Å². The van der Waals surface area contributed by atoms with Crippen molar-refractivity contribution in [2.75, 3.05) is 13.2 Å². The lowest BCUT2D eigenvalue weighted by Crippen LogP contribution is -2.44. The number of nitrogens with zero attached hydrogens (tertiary/aromatic N) is 1. The maximum absolute atomic E-state index is 13.2. The first-order valence-electron chi connectivity index (χ1n) is 12.4. The number of aromatic amines is 1. The molecule has 0 bridgehead atoms. The van der Waals surface area contributed by atoms with E-state index in [-0.39, 0.29) is 12.1 Å². The van der Waals surface area contributed by atoms with Crippen molar-refractivity contribution in [2.24, 2.45) is 5.92 Å². The third kappa shape index (κ3) is 5.73. The molecule has 0 spiro atoms. The Hall–Kier alpha value is -3.18. The third-order valence-electron chi connectivity index (χ3n) is 6.73. The summed E-state index contributed by atoms with van der Waals surface area (Å²) in [5.74, 6) is 1.50. The van der Waals surface area contributed by atoms with E-state index in [4.69, 9.17) is 16.3 Å². The lowest BCUT2D eigenvalue weighted by Gasteiger charge is -2.36. The monoisotopic (exact) mass is 491 g/mol. The summed E-state index contributed by atoms with van der Waals surface area (Å²) < 4.78 is 5.97. The summed E-state index contributed by atoms with van der Waals surface area (Å²) >= 11 is 6.31. The number of ether oxygens (including phenoxy) is 1. The van der Waals surface area contributed by atoms with Gasteiger partial charge in [0.05, 0.1) is 12.6 Å². The molecule has 0 fully saturated rings. The van der Waals surface area contributed by atoms with Crippen LogP contribution in [0, 0.1) is 5.92 Å². The Labute approximate surface area is 212 Å². The zero-order valence-electron chi connectivity index (χ0n) is 20.7. The number of aromatic nitrogens is 1. The molecule has 4 rings (SSSR count). The second kappa shape index (κ2) is 11.5. The van der Waals surface area contributed by atoms with E-state index in [1.165, 1.54) is 5.56 Å². The topological polar surface area (TPSA) is 57.4 Å². The van der Waals surface area contributed by atoms with Gasteiger partial charge in [-0.25, -0.2) is 4.79 Å². The van der Waals surface area contributed by atoms with Crippen LogP contribution in [0.2, 0.25) is 5.02 Å².